The van der Waals surface area contributed by atoms with Crippen molar-refractivity contribution in [1.29, 1.82) is 0 Å². The SMILES string of the molecule is CN=C(NCc1cc(OC)c(OC)c(OC)c1)NCC1CCCN(Cc2cccs2)C1.I. The van der Waals surface area contributed by atoms with Crippen LogP contribution < -0.4 is 24.8 Å². The fourth-order valence-corrected chi connectivity index (χ4v) is 4.72. The van der Waals surface area contributed by atoms with Crippen LogP contribution in [-0.4, -0.2) is 58.9 Å². The average molecular weight is 575 g/mol. The van der Waals surface area contributed by atoms with Gasteiger partial charge in [0.05, 0.1) is 21.3 Å². The first-order chi connectivity index (χ1) is 15.2. The van der Waals surface area contributed by atoms with Crippen molar-refractivity contribution >= 4 is 41.3 Å². The highest BCUT2D eigenvalue weighted by molar-refractivity contribution is 14.0. The van der Waals surface area contributed by atoms with E-state index in [4.69, 9.17) is 14.2 Å². The van der Waals surface area contributed by atoms with Gasteiger partial charge in [-0.1, -0.05) is 6.07 Å². The van der Waals surface area contributed by atoms with Crippen molar-refractivity contribution in [3.8, 4) is 17.2 Å². The quantitative estimate of drug-likeness (QED) is 0.269. The number of piperidine rings is 1. The van der Waals surface area contributed by atoms with Gasteiger partial charge in [0.15, 0.2) is 17.5 Å². The van der Waals surface area contributed by atoms with E-state index in [9.17, 15) is 0 Å². The van der Waals surface area contributed by atoms with Crippen LogP contribution in [0.3, 0.4) is 0 Å². The number of hydrogen-bond acceptors (Lipinski definition) is 6. The number of hydrogen-bond donors (Lipinski definition) is 2. The molecule has 0 bridgehead atoms. The van der Waals surface area contributed by atoms with Gasteiger partial charge in [-0.15, -0.1) is 35.3 Å². The molecule has 1 fully saturated rings. The molecule has 1 unspecified atom stereocenters. The second-order valence-electron chi connectivity index (χ2n) is 7.66. The van der Waals surface area contributed by atoms with Gasteiger partial charge in [0, 0.05) is 38.1 Å². The van der Waals surface area contributed by atoms with Gasteiger partial charge >= 0.3 is 0 Å². The lowest BCUT2D eigenvalue weighted by Gasteiger charge is -2.32. The first-order valence-electron chi connectivity index (χ1n) is 10.6. The van der Waals surface area contributed by atoms with Crippen LogP contribution in [0.2, 0.25) is 0 Å². The molecule has 1 saturated heterocycles. The van der Waals surface area contributed by atoms with Crippen molar-refractivity contribution in [3.63, 3.8) is 0 Å². The number of nitrogens with zero attached hydrogens (tertiary/aromatic N) is 2. The lowest BCUT2D eigenvalue weighted by Crippen LogP contribution is -2.44. The molecule has 1 aliphatic rings. The minimum Gasteiger partial charge on any atom is -0.493 e. The molecule has 1 aromatic heterocycles. The summed E-state index contributed by atoms with van der Waals surface area (Å²) in [4.78, 5) is 8.39. The molecule has 178 valence electrons. The summed E-state index contributed by atoms with van der Waals surface area (Å²) in [6.45, 7) is 4.88. The number of methoxy groups -OCH3 is 3. The molecule has 0 amide bonds. The van der Waals surface area contributed by atoms with Crippen LogP contribution in [0.5, 0.6) is 17.2 Å². The van der Waals surface area contributed by atoms with Crippen LogP contribution in [0.25, 0.3) is 0 Å². The number of nitrogens with one attached hydrogen (secondary N) is 2. The minimum absolute atomic E-state index is 0. The maximum atomic E-state index is 5.44. The van der Waals surface area contributed by atoms with Gasteiger partial charge in [0.25, 0.3) is 0 Å². The van der Waals surface area contributed by atoms with Crippen LogP contribution >= 0.6 is 35.3 Å². The van der Waals surface area contributed by atoms with E-state index in [1.54, 1.807) is 28.4 Å². The average Bonchev–Trinajstić information content (AvgIpc) is 3.31. The molecule has 9 heteroatoms. The summed E-state index contributed by atoms with van der Waals surface area (Å²) >= 11 is 1.84. The molecule has 32 heavy (non-hydrogen) atoms. The Balaban J connectivity index is 0.00000363. The molecule has 0 aliphatic carbocycles. The number of thiophene rings is 1. The molecule has 2 N–H and O–H groups in total. The number of ether oxygens (including phenoxy) is 3. The monoisotopic (exact) mass is 574 g/mol. The first-order valence-corrected chi connectivity index (χ1v) is 11.5. The molecule has 1 aliphatic heterocycles. The van der Waals surface area contributed by atoms with Gasteiger partial charge in [-0.2, -0.15) is 0 Å². The largest absolute Gasteiger partial charge is 0.493 e. The zero-order valence-corrected chi connectivity index (χ0v) is 22.5. The molecule has 2 heterocycles. The molecule has 3 rings (SSSR count). The number of benzene rings is 1. The minimum atomic E-state index is 0. The smallest absolute Gasteiger partial charge is 0.203 e. The number of rotatable bonds is 9. The lowest BCUT2D eigenvalue weighted by molar-refractivity contribution is 0.169. The molecular formula is C23H35IN4O3S. The van der Waals surface area contributed by atoms with Gasteiger partial charge in [-0.25, -0.2) is 0 Å². The molecular weight excluding hydrogens is 539 g/mol. The molecule has 2 aromatic rings. The highest BCUT2D eigenvalue weighted by atomic mass is 127. The van der Waals surface area contributed by atoms with E-state index in [1.807, 2.05) is 23.5 Å². The highest BCUT2D eigenvalue weighted by Crippen LogP contribution is 2.38. The van der Waals surface area contributed by atoms with Gasteiger partial charge in [0.2, 0.25) is 5.75 Å². The van der Waals surface area contributed by atoms with E-state index >= 15 is 0 Å². The molecule has 7 nitrogen and oxygen atoms in total. The summed E-state index contributed by atoms with van der Waals surface area (Å²) in [6.07, 6.45) is 2.49. The van der Waals surface area contributed by atoms with E-state index in [0.717, 1.165) is 31.2 Å². The van der Waals surface area contributed by atoms with Crippen molar-refractivity contribution in [1.82, 2.24) is 15.5 Å². The second kappa shape index (κ2) is 13.7. The summed E-state index contributed by atoms with van der Waals surface area (Å²) < 4.78 is 16.3. The third-order valence-corrected chi connectivity index (χ3v) is 6.39. The third-order valence-electron chi connectivity index (χ3n) is 5.53. The predicted molar refractivity (Wildman–Crippen MR) is 142 cm³/mol. The Morgan fingerprint density at radius 2 is 1.91 bits per heavy atom. The fourth-order valence-electron chi connectivity index (χ4n) is 3.97. The summed E-state index contributed by atoms with van der Waals surface area (Å²) in [5, 5.41) is 9.04. The van der Waals surface area contributed by atoms with Crippen LogP contribution in [0.1, 0.15) is 23.3 Å². The topological polar surface area (TPSA) is 67.4 Å². The Morgan fingerprint density at radius 3 is 2.50 bits per heavy atom. The van der Waals surface area contributed by atoms with E-state index in [1.165, 1.54) is 24.3 Å². The maximum Gasteiger partial charge on any atom is 0.203 e. The van der Waals surface area contributed by atoms with Crippen molar-refractivity contribution < 1.29 is 14.2 Å². The fraction of sp³-hybridized carbons (Fsp3) is 0.522. The molecule has 0 spiro atoms. The normalized spacial score (nSPS) is 16.8. The Hall–Kier alpha value is -1.72. The molecule has 1 aromatic carbocycles. The van der Waals surface area contributed by atoms with Crippen molar-refractivity contribution in [2.75, 3.05) is 48.0 Å². The van der Waals surface area contributed by atoms with Gasteiger partial charge < -0.3 is 24.8 Å². The van der Waals surface area contributed by atoms with Crippen LogP contribution in [0.4, 0.5) is 0 Å². The van der Waals surface area contributed by atoms with Gasteiger partial charge in [0.1, 0.15) is 0 Å². The zero-order valence-electron chi connectivity index (χ0n) is 19.3. The molecule has 1 atom stereocenters. The predicted octanol–water partition coefficient (Wildman–Crippen LogP) is 3.97. The standard InChI is InChI=1S/C23H34N4O3S.HI/c1-24-23(26-14-18-11-20(28-2)22(30-4)21(12-18)29-3)25-13-17-7-5-9-27(15-17)16-19-8-6-10-31-19;/h6,8,10-12,17H,5,7,9,13-16H2,1-4H3,(H2,24,25,26);1H. The summed E-state index contributed by atoms with van der Waals surface area (Å²) in [5.41, 5.74) is 1.03. The van der Waals surface area contributed by atoms with E-state index in [-0.39, 0.29) is 24.0 Å². The van der Waals surface area contributed by atoms with Crippen LogP contribution in [-0.2, 0) is 13.1 Å². The Bertz CT molecular complexity index is 823. The summed E-state index contributed by atoms with van der Waals surface area (Å²) in [7, 11) is 6.66. The van der Waals surface area contributed by atoms with E-state index < -0.39 is 0 Å². The van der Waals surface area contributed by atoms with E-state index in [2.05, 4.69) is 38.0 Å². The Morgan fingerprint density at radius 1 is 1.16 bits per heavy atom. The summed E-state index contributed by atoms with van der Waals surface area (Å²) in [5.74, 6) is 3.31. The number of guanidine groups is 1. The van der Waals surface area contributed by atoms with Crippen LogP contribution in [0.15, 0.2) is 34.6 Å². The maximum absolute atomic E-state index is 5.44. The molecule has 0 radical (unpaired) electrons. The van der Waals surface area contributed by atoms with E-state index in [0.29, 0.717) is 29.7 Å². The first kappa shape index (κ1) is 26.5. The van der Waals surface area contributed by atoms with Crippen molar-refractivity contribution in [2.24, 2.45) is 10.9 Å². The zero-order chi connectivity index (χ0) is 22.1. The van der Waals surface area contributed by atoms with Crippen molar-refractivity contribution in [3.05, 3.63) is 40.1 Å². The highest BCUT2D eigenvalue weighted by Gasteiger charge is 2.20. The molecule has 0 saturated carbocycles. The number of likely N-dealkylation sites (tertiary alicyclic amines) is 1. The second-order valence-corrected chi connectivity index (χ2v) is 8.70. The number of halogens is 1. The summed E-state index contributed by atoms with van der Waals surface area (Å²) in [6, 6.07) is 8.25. The Labute approximate surface area is 212 Å². The van der Waals surface area contributed by atoms with Gasteiger partial charge in [-0.05, 0) is 54.4 Å². The van der Waals surface area contributed by atoms with Crippen molar-refractivity contribution in [2.45, 2.75) is 25.9 Å². The lowest BCUT2D eigenvalue weighted by atomic mass is 9.98. The Kier molecular flexibility index (Phi) is 11.4. The van der Waals surface area contributed by atoms with Gasteiger partial charge in [-0.3, -0.25) is 9.89 Å². The van der Waals surface area contributed by atoms with Crippen LogP contribution in [0, 0.1) is 5.92 Å². The number of aliphatic imine (C=N–C) groups is 1. The third kappa shape index (κ3) is 7.41.